The Balaban J connectivity index is 2.14. The first-order chi connectivity index (χ1) is 10.0. The summed E-state index contributed by atoms with van der Waals surface area (Å²) >= 11 is 1.82. The van der Waals surface area contributed by atoms with E-state index in [9.17, 15) is 4.79 Å². The van der Waals surface area contributed by atoms with Gasteiger partial charge in [0.25, 0.3) is 5.91 Å². The second kappa shape index (κ2) is 7.11. The number of thioether (sulfide) groups is 1. The highest BCUT2D eigenvalue weighted by Gasteiger charge is 2.27. The smallest absolute Gasteiger partial charge is 0.272 e. The molecule has 2 atom stereocenters. The van der Waals surface area contributed by atoms with Crippen LogP contribution in [0.3, 0.4) is 0 Å². The Labute approximate surface area is 130 Å². The van der Waals surface area contributed by atoms with E-state index in [2.05, 4.69) is 21.5 Å². The summed E-state index contributed by atoms with van der Waals surface area (Å²) in [6.07, 6.45) is 8.22. The minimum absolute atomic E-state index is 0.172. The van der Waals surface area contributed by atoms with Crippen molar-refractivity contribution in [3.63, 3.8) is 0 Å². The molecule has 1 amide bonds. The summed E-state index contributed by atoms with van der Waals surface area (Å²) in [5.41, 5.74) is 6.52. The fourth-order valence-corrected chi connectivity index (χ4v) is 3.58. The summed E-state index contributed by atoms with van der Waals surface area (Å²) in [6, 6.07) is 0.207. The minimum atomic E-state index is -0.178. The van der Waals surface area contributed by atoms with Crippen molar-refractivity contribution in [1.29, 1.82) is 0 Å². The van der Waals surface area contributed by atoms with Crippen molar-refractivity contribution in [1.82, 2.24) is 15.3 Å². The van der Waals surface area contributed by atoms with Gasteiger partial charge in [-0.3, -0.25) is 4.79 Å². The number of rotatable bonds is 4. The molecule has 1 heterocycles. The molecule has 0 bridgehead atoms. The molecule has 1 aliphatic rings. The molecule has 3 N–H and O–H groups in total. The first-order valence-corrected chi connectivity index (χ1v) is 8.77. The van der Waals surface area contributed by atoms with Gasteiger partial charge < -0.3 is 11.1 Å². The topological polar surface area (TPSA) is 80.9 Å². The summed E-state index contributed by atoms with van der Waals surface area (Å²) < 4.78 is 0. The van der Waals surface area contributed by atoms with Gasteiger partial charge in [0, 0.05) is 17.2 Å². The van der Waals surface area contributed by atoms with Gasteiger partial charge in [-0.25, -0.2) is 9.97 Å². The van der Waals surface area contributed by atoms with Crippen LogP contribution < -0.4 is 11.1 Å². The van der Waals surface area contributed by atoms with Crippen LogP contribution >= 0.6 is 11.8 Å². The maximum Gasteiger partial charge on any atom is 0.272 e. The first kappa shape index (κ1) is 16.1. The van der Waals surface area contributed by atoms with E-state index in [1.165, 1.54) is 19.0 Å². The summed E-state index contributed by atoms with van der Waals surface area (Å²) in [5, 5.41) is 3.59. The van der Waals surface area contributed by atoms with Crippen molar-refractivity contribution in [3.05, 3.63) is 17.7 Å². The van der Waals surface area contributed by atoms with Crippen LogP contribution in [0.25, 0.3) is 0 Å². The number of nitrogens with two attached hydrogens (primary N) is 1. The van der Waals surface area contributed by atoms with E-state index in [1.54, 1.807) is 0 Å². The van der Waals surface area contributed by atoms with E-state index in [4.69, 9.17) is 5.73 Å². The highest BCUT2D eigenvalue weighted by Crippen LogP contribution is 2.27. The zero-order chi connectivity index (χ0) is 15.4. The van der Waals surface area contributed by atoms with Gasteiger partial charge in [0.1, 0.15) is 5.82 Å². The molecule has 1 saturated carbocycles. The van der Waals surface area contributed by atoms with E-state index in [0.717, 1.165) is 12.8 Å². The lowest BCUT2D eigenvalue weighted by Gasteiger charge is -2.30. The van der Waals surface area contributed by atoms with E-state index >= 15 is 0 Å². The number of anilines is 1. The normalized spacial score (nSPS) is 22.3. The Morgan fingerprint density at radius 1 is 1.43 bits per heavy atom. The number of hydrogen-bond donors (Lipinski definition) is 2. The van der Waals surface area contributed by atoms with Crippen molar-refractivity contribution in [2.75, 3.05) is 12.0 Å². The van der Waals surface area contributed by atoms with Gasteiger partial charge in [-0.15, -0.1) is 0 Å². The summed E-state index contributed by atoms with van der Waals surface area (Å²) in [6.45, 7) is 4.00. The maximum absolute atomic E-state index is 12.5. The number of amides is 1. The van der Waals surface area contributed by atoms with Crippen molar-refractivity contribution >= 4 is 23.4 Å². The fourth-order valence-electron chi connectivity index (χ4n) is 2.65. The number of aromatic nitrogens is 2. The van der Waals surface area contributed by atoms with Crippen LogP contribution in [-0.2, 0) is 0 Å². The van der Waals surface area contributed by atoms with Crippen molar-refractivity contribution < 1.29 is 4.79 Å². The third kappa shape index (κ3) is 3.87. The largest absolute Gasteiger partial charge is 0.396 e. The Morgan fingerprint density at radius 2 is 2.14 bits per heavy atom. The molecule has 2 rings (SSSR count). The lowest BCUT2D eigenvalue weighted by Crippen LogP contribution is -2.44. The van der Waals surface area contributed by atoms with Crippen LogP contribution in [-0.4, -0.2) is 33.4 Å². The number of hydrogen-bond acceptors (Lipinski definition) is 5. The van der Waals surface area contributed by atoms with Crippen molar-refractivity contribution in [3.8, 4) is 0 Å². The Kier molecular flexibility index (Phi) is 5.45. The molecule has 0 spiro atoms. The number of nitrogen functional groups attached to an aromatic ring is 1. The van der Waals surface area contributed by atoms with Gasteiger partial charge >= 0.3 is 0 Å². The number of nitrogens with zero attached hydrogens (tertiary/aromatic N) is 2. The molecular weight excluding hydrogens is 284 g/mol. The predicted octanol–water partition coefficient (Wildman–Crippen LogP) is 2.59. The highest BCUT2D eigenvalue weighted by atomic mass is 32.2. The van der Waals surface area contributed by atoms with Crippen LogP contribution in [0.4, 0.5) is 5.69 Å². The Hall–Kier alpha value is -1.30. The second-order valence-corrected chi connectivity index (χ2v) is 6.90. The van der Waals surface area contributed by atoms with Gasteiger partial charge in [0.05, 0.1) is 11.9 Å². The van der Waals surface area contributed by atoms with E-state index in [0.29, 0.717) is 22.5 Å². The van der Waals surface area contributed by atoms with Crippen LogP contribution in [0, 0.1) is 0 Å². The Bertz CT molecular complexity index is 506. The fraction of sp³-hybridized carbons (Fsp3) is 0.667. The Morgan fingerprint density at radius 3 is 2.81 bits per heavy atom. The third-order valence-electron chi connectivity index (χ3n) is 3.89. The summed E-state index contributed by atoms with van der Waals surface area (Å²) in [5.74, 6) is 0.646. The lowest BCUT2D eigenvalue weighted by molar-refractivity contribution is 0.0925. The molecule has 0 radical (unpaired) electrons. The van der Waals surface area contributed by atoms with Gasteiger partial charge in [-0.1, -0.05) is 26.7 Å². The molecular formula is C15H24N4OS. The highest BCUT2D eigenvalue weighted by molar-refractivity contribution is 7.99. The molecule has 6 heteroatoms. The molecule has 2 unspecified atom stereocenters. The number of nitrogens with one attached hydrogen (secondary N) is 1. The van der Waals surface area contributed by atoms with Gasteiger partial charge in [0.2, 0.25) is 0 Å². The maximum atomic E-state index is 12.5. The molecule has 5 nitrogen and oxygen atoms in total. The second-order valence-electron chi connectivity index (χ2n) is 5.83. The molecule has 1 fully saturated rings. The van der Waals surface area contributed by atoms with Crippen LogP contribution in [0.15, 0.2) is 6.20 Å². The van der Waals surface area contributed by atoms with E-state index < -0.39 is 0 Å². The average Bonchev–Trinajstić information content (AvgIpc) is 2.47. The molecule has 1 aromatic heterocycles. The molecule has 1 aromatic rings. The van der Waals surface area contributed by atoms with Crippen molar-refractivity contribution in [2.24, 2.45) is 0 Å². The molecule has 0 aliphatic heterocycles. The van der Waals surface area contributed by atoms with Gasteiger partial charge in [-0.05, 0) is 19.1 Å². The molecule has 21 heavy (non-hydrogen) atoms. The zero-order valence-electron chi connectivity index (χ0n) is 12.9. The first-order valence-electron chi connectivity index (χ1n) is 7.49. The van der Waals surface area contributed by atoms with Crippen LogP contribution in [0.2, 0.25) is 0 Å². The molecule has 116 valence electrons. The van der Waals surface area contributed by atoms with Crippen molar-refractivity contribution in [2.45, 2.75) is 56.7 Å². The SMILES string of the molecule is CSC1CCCCC1NC(=O)c1nc(C(C)C)ncc1N. The summed E-state index contributed by atoms with van der Waals surface area (Å²) in [4.78, 5) is 21.0. The standard InChI is InChI=1S/C15H24N4OS/c1-9(2)14-17-8-10(16)13(19-14)15(20)18-11-6-4-5-7-12(11)21-3/h8-9,11-12H,4-7,16H2,1-3H3,(H,18,20). The number of carbonyl (C=O) groups is 1. The molecule has 0 aromatic carbocycles. The predicted molar refractivity (Wildman–Crippen MR) is 87.6 cm³/mol. The van der Waals surface area contributed by atoms with Gasteiger partial charge in [-0.2, -0.15) is 11.8 Å². The monoisotopic (exact) mass is 308 g/mol. The van der Waals surface area contributed by atoms with E-state index in [1.807, 2.05) is 25.6 Å². The van der Waals surface area contributed by atoms with Crippen LogP contribution in [0.1, 0.15) is 61.8 Å². The third-order valence-corrected chi connectivity index (χ3v) is 5.06. The van der Waals surface area contributed by atoms with Crippen LogP contribution in [0.5, 0.6) is 0 Å². The van der Waals surface area contributed by atoms with Gasteiger partial charge in [0.15, 0.2) is 5.69 Å². The minimum Gasteiger partial charge on any atom is -0.396 e. The lowest BCUT2D eigenvalue weighted by atomic mass is 9.94. The zero-order valence-corrected chi connectivity index (χ0v) is 13.7. The van der Waals surface area contributed by atoms with E-state index in [-0.39, 0.29) is 17.9 Å². The molecule has 1 aliphatic carbocycles. The number of carbonyl (C=O) groups excluding carboxylic acids is 1. The average molecular weight is 308 g/mol. The quantitative estimate of drug-likeness (QED) is 0.893. The summed E-state index contributed by atoms with van der Waals surface area (Å²) in [7, 11) is 0. The molecule has 0 saturated heterocycles.